The molecule has 3 amide bonds. The quantitative estimate of drug-likeness (QED) is 0.591. The summed E-state index contributed by atoms with van der Waals surface area (Å²) in [6.07, 6.45) is 2.88. The Bertz CT molecular complexity index is 901. The van der Waals surface area contributed by atoms with E-state index in [1.54, 1.807) is 18.4 Å². The number of amides is 3. The number of urea groups is 1. The molecule has 3 aromatic rings. The average molecular weight is 365 g/mol. The highest BCUT2D eigenvalue weighted by Gasteiger charge is 2.20. The molecule has 0 saturated heterocycles. The Morgan fingerprint density at radius 3 is 2.63 bits per heavy atom. The summed E-state index contributed by atoms with van der Waals surface area (Å²) in [4.78, 5) is 24.9. The lowest BCUT2D eigenvalue weighted by Gasteiger charge is -2.18. The van der Waals surface area contributed by atoms with E-state index in [4.69, 9.17) is 4.42 Å². The number of hydrogen-bond donors (Lipinski definition) is 3. The largest absolute Gasteiger partial charge is 0.467 e. The van der Waals surface area contributed by atoms with Crippen molar-refractivity contribution >= 4 is 28.4 Å². The van der Waals surface area contributed by atoms with Crippen LogP contribution in [0.25, 0.3) is 10.8 Å². The summed E-state index contributed by atoms with van der Waals surface area (Å²) in [5.74, 6) is 0.431. The molecule has 2 aromatic carbocycles. The molecule has 6 heteroatoms. The summed E-state index contributed by atoms with van der Waals surface area (Å²) in [5, 5.41) is 10.4. The highest BCUT2D eigenvalue weighted by molar-refractivity contribution is 6.02. The fourth-order valence-corrected chi connectivity index (χ4v) is 2.92. The molecule has 0 fully saturated rings. The number of hydrogen-bond acceptors (Lipinski definition) is 3. The van der Waals surface area contributed by atoms with Gasteiger partial charge in [0.1, 0.15) is 11.8 Å². The molecule has 1 heterocycles. The van der Waals surface area contributed by atoms with Crippen molar-refractivity contribution in [1.29, 1.82) is 0 Å². The van der Waals surface area contributed by atoms with Crippen LogP contribution in [0.1, 0.15) is 25.5 Å². The first-order chi connectivity index (χ1) is 13.2. The fourth-order valence-electron chi connectivity index (χ4n) is 2.92. The first-order valence-corrected chi connectivity index (χ1v) is 9.02. The van der Waals surface area contributed by atoms with Crippen molar-refractivity contribution in [2.24, 2.45) is 0 Å². The number of carbonyl (C=O) groups excluding carboxylic acids is 2. The van der Waals surface area contributed by atoms with Gasteiger partial charge in [0, 0.05) is 5.39 Å². The van der Waals surface area contributed by atoms with Gasteiger partial charge < -0.3 is 20.4 Å². The standard InChI is InChI=1S/C21H23N3O3/c1-2-7-19(20(25)22-14-16-10-6-13-27-16)24-21(26)23-18-12-5-9-15-8-3-4-11-17(15)18/h3-6,8-13,19H,2,7,14H2,1H3,(H,22,25)(H2,23,24,26). The van der Waals surface area contributed by atoms with Crippen LogP contribution in [0.5, 0.6) is 0 Å². The van der Waals surface area contributed by atoms with Crippen LogP contribution < -0.4 is 16.0 Å². The second-order valence-electron chi connectivity index (χ2n) is 6.26. The molecule has 0 spiro atoms. The van der Waals surface area contributed by atoms with E-state index in [0.29, 0.717) is 24.4 Å². The summed E-state index contributed by atoms with van der Waals surface area (Å²) < 4.78 is 5.21. The van der Waals surface area contributed by atoms with Crippen molar-refractivity contribution < 1.29 is 14.0 Å². The second kappa shape index (κ2) is 8.89. The van der Waals surface area contributed by atoms with Crippen molar-refractivity contribution in [3.05, 3.63) is 66.6 Å². The number of anilines is 1. The number of benzene rings is 2. The van der Waals surface area contributed by atoms with E-state index in [2.05, 4.69) is 16.0 Å². The van der Waals surface area contributed by atoms with Crippen LogP contribution in [0.2, 0.25) is 0 Å². The lowest BCUT2D eigenvalue weighted by Crippen LogP contribution is -2.47. The van der Waals surface area contributed by atoms with E-state index in [1.165, 1.54) is 0 Å². The fraction of sp³-hybridized carbons (Fsp3) is 0.238. The lowest BCUT2D eigenvalue weighted by molar-refractivity contribution is -0.123. The topological polar surface area (TPSA) is 83.4 Å². The van der Waals surface area contributed by atoms with Crippen LogP contribution in [0.4, 0.5) is 10.5 Å². The van der Waals surface area contributed by atoms with Crippen LogP contribution >= 0.6 is 0 Å². The Morgan fingerprint density at radius 2 is 1.85 bits per heavy atom. The van der Waals surface area contributed by atoms with Gasteiger partial charge in [-0.1, -0.05) is 49.7 Å². The maximum atomic E-state index is 12.5. The van der Waals surface area contributed by atoms with E-state index >= 15 is 0 Å². The van der Waals surface area contributed by atoms with Crippen molar-refractivity contribution in [2.75, 3.05) is 5.32 Å². The second-order valence-corrected chi connectivity index (χ2v) is 6.26. The Labute approximate surface area is 157 Å². The zero-order valence-electron chi connectivity index (χ0n) is 15.2. The average Bonchev–Trinajstić information content (AvgIpc) is 3.20. The Kier molecular flexibility index (Phi) is 6.10. The lowest BCUT2D eigenvalue weighted by atomic mass is 10.1. The minimum Gasteiger partial charge on any atom is -0.467 e. The minimum absolute atomic E-state index is 0.235. The summed E-state index contributed by atoms with van der Waals surface area (Å²) >= 11 is 0. The van der Waals surface area contributed by atoms with Gasteiger partial charge in [-0.25, -0.2) is 4.79 Å². The molecule has 0 bridgehead atoms. The van der Waals surface area contributed by atoms with Gasteiger partial charge >= 0.3 is 6.03 Å². The normalized spacial score (nSPS) is 11.7. The number of nitrogens with one attached hydrogen (secondary N) is 3. The van der Waals surface area contributed by atoms with E-state index < -0.39 is 12.1 Å². The number of furan rings is 1. The van der Waals surface area contributed by atoms with Gasteiger partial charge in [-0.05, 0) is 30.0 Å². The van der Waals surface area contributed by atoms with Gasteiger partial charge in [-0.2, -0.15) is 0 Å². The van der Waals surface area contributed by atoms with E-state index in [9.17, 15) is 9.59 Å². The van der Waals surface area contributed by atoms with Gasteiger partial charge in [-0.3, -0.25) is 4.79 Å². The van der Waals surface area contributed by atoms with E-state index in [-0.39, 0.29) is 5.91 Å². The van der Waals surface area contributed by atoms with E-state index in [1.807, 2.05) is 49.4 Å². The predicted octanol–water partition coefficient (Wildman–Crippen LogP) is 4.04. The molecule has 3 N–H and O–H groups in total. The van der Waals surface area contributed by atoms with Crippen molar-refractivity contribution in [1.82, 2.24) is 10.6 Å². The monoisotopic (exact) mass is 365 g/mol. The zero-order valence-corrected chi connectivity index (χ0v) is 15.2. The Hall–Kier alpha value is -3.28. The zero-order chi connectivity index (χ0) is 19.1. The molecule has 0 saturated carbocycles. The molecular formula is C21H23N3O3. The van der Waals surface area contributed by atoms with Gasteiger partial charge in [0.05, 0.1) is 18.5 Å². The molecular weight excluding hydrogens is 342 g/mol. The molecule has 0 aliphatic carbocycles. The van der Waals surface area contributed by atoms with Crippen LogP contribution in [0, 0.1) is 0 Å². The molecule has 0 aliphatic rings. The maximum Gasteiger partial charge on any atom is 0.319 e. The highest BCUT2D eigenvalue weighted by Crippen LogP contribution is 2.22. The highest BCUT2D eigenvalue weighted by atomic mass is 16.3. The molecule has 3 rings (SSSR count). The maximum absolute atomic E-state index is 12.5. The molecule has 6 nitrogen and oxygen atoms in total. The third kappa shape index (κ3) is 4.88. The molecule has 0 aliphatic heterocycles. The molecule has 1 aromatic heterocycles. The van der Waals surface area contributed by atoms with Gasteiger partial charge in [-0.15, -0.1) is 0 Å². The first kappa shape index (κ1) is 18.5. The molecule has 27 heavy (non-hydrogen) atoms. The van der Waals surface area contributed by atoms with Crippen LogP contribution in [0.15, 0.2) is 65.3 Å². The molecule has 1 atom stereocenters. The van der Waals surface area contributed by atoms with Crippen LogP contribution in [0.3, 0.4) is 0 Å². The summed E-state index contributed by atoms with van der Waals surface area (Å²) in [6, 6.07) is 16.1. The molecule has 0 radical (unpaired) electrons. The van der Waals surface area contributed by atoms with Crippen LogP contribution in [-0.2, 0) is 11.3 Å². The van der Waals surface area contributed by atoms with Crippen molar-refractivity contribution in [2.45, 2.75) is 32.4 Å². The van der Waals surface area contributed by atoms with E-state index in [0.717, 1.165) is 17.2 Å². The third-order valence-corrected chi connectivity index (χ3v) is 4.25. The summed E-state index contributed by atoms with van der Waals surface area (Å²) in [5.41, 5.74) is 0.705. The molecule has 140 valence electrons. The van der Waals surface area contributed by atoms with Gasteiger partial charge in [0.25, 0.3) is 0 Å². The molecule has 1 unspecified atom stereocenters. The number of carbonyl (C=O) groups is 2. The van der Waals surface area contributed by atoms with Gasteiger partial charge in [0.2, 0.25) is 5.91 Å². The first-order valence-electron chi connectivity index (χ1n) is 9.02. The van der Waals surface area contributed by atoms with Crippen LogP contribution in [-0.4, -0.2) is 18.0 Å². The summed E-state index contributed by atoms with van der Waals surface area (Å²) in [7, 11) is 0. The third-order valence-electron chi connectivity index (χ3n) is 4.25. The Balaban J connectivity index is 1.63. The van der Waals surface area contributed by atoms with Gasteiger partial charge in [0.15, 0.2) is 0 Å². The van der Waals surface area contributed by atoms with Crippen molar-refractivity contribution in [3.63, 3.8) is 0 Å². The Morgan fingerprint density at radius 1 is 1.04 bits per heavy atom. The predicted molar refractivity (Wildman–Crippen MR) is 105 cm³/mol. The number of rotatable bonds is 7. The van der Waals surface area contributed by atoms with Crippen molar-refractivity contribution in [3.8, 4) is 0 Å². The number of fused-ring (bicyclic) bond motifs is 1. The SMILES string of the molecule is CCCC(NC(=O)Nc1cccc2ccccc12)C(=O)NCc1ccco1. The minimum atomic E-state index is -0.611. The summed E-state index contributed by atoms with van der Waals surface area (Å²) in [6.45, 7) is 2.26. The smallest absolute Gasteiger partial charge is 0.319 e.